The van der Waals surface area contributed by atoms with Gasteiger partial charge in [0, 0.05) is 56.5 Å². The zero-order chi connectivity index (χ0) is 14.7. The van der Waals surface area contributed by atoms with Crippen LogP contribution in [0.5, 0.6) is 0 Å². The molecule has 2 aliphatic heterocycles. The smallest absolute Gasteiger partial charge is 0.0902 e. The second-order valence-electron chi connectivity index (χ2n) is 6.21. The van der Waals surface area contributed by atoms with Crippen LogP contribution in [0.2, 0.25) is 5.02 Å². The summed E-state index contributed by atoms with van der Waals surface area (Å²) in [5, 5.41) is 4.06. The maximum absolute atomic E-state index is 5.96. The van der Waals surface area contributed by atoms with Crippen LogP contribution < -0.4 is 10.2 Å². The molecule has 0 aliphatic carbocycles. The van der Waals surface area contributed by atoms with Crippen molar-refractivity contribution in [2.24, 2.45) is 0 Å². The number of nitrogens with zero attached hydrogens (tertiary/aromatic N) is 2. The lowest BCUT2D eigenvalue weighted by Gasteiger charge is -2.40. The molecule has 0 aromatic heterocycles. The van der Waals surface area contributed by atoms with Crippen LogP contribution in [0.3, 0.4) is 0 Å². The summed E-state index contributed by atoms with van der Waals surface area (Å²) >= 11 is 5.94. The lowest BCUT2D eigenvalue weighted by Crippen LogP contribution is -2.59. The van der Waals surface area contributed by atoms with Crippen LogP contribution in [0.1, 0.15) is 6.92 Å². The lowest BCUT2D eigenvalue weighted by atomic mass is 10.0. The zero-order valence-electron chi connectivity index (χ0n) is 12.6. The first-order chi connectivity index (χ1) is 10.1. The maximum Gasteiger partial charge on any atom is 0.0902 e. The van der Waals surface area contributed by atoms with Crippen LogP contribution in [0, 0.1) is 0 Å². The van der Waals surface area contributed by atoms with E-state index in [0.717, 1.165) is 57.4 Å². The van der Waals surface area contributed by atoms with Crippen molar-refractivity contribution >= 4 is 17.3 Å². The summed E-state index contributed by atoms with van der Waals surface area (Å²) in [5.41, 5.74) is 1.34. The first-order valence-electron chi connectivity index (χ1n) is 7.72. The number of nitrogens with one attached hydrogen (secondary N) is 1. The maximum atomic E-state index is 5.96. The van der Waals surface area contributed by atoms with E-state index in [-0.39, 0.29) is 5.60 Å². The number of benzene rings is 1. The molecule has 1 aromatic carbocycles. The predicted octanol–water partition coefficient (Wildman–Crippen LogP) is 1.84. The minimum atomic E-state index is 0.0745. The van der Waals surface area contributed by atoms with Crippen molar-refractivity contribution < 1.29 is 4.74 Å². The van der Waals surface area contributed by atoms with Gasteiger partial charge in [0.1, 0.15) is 0 Å². The average molecular weight is 310 g/mol. The molecule has 0 atom stereocenters. The molecule has 3 rings (SSSR count). The van der Waals surface area contributed by atoms with E-state index in [9.17, 15) is 0 Å². The number of anilines is 1. The van der Waals surface area contributed by atoms with Crippen molar-refractivity contribution in [1.82, 2.24) is 10.2 Å². The van der Waals surface area contributed by atoms with Gasteiger partial charge in [-0.05, 0) is 31.2 Å². The molecule has 0 saturated carbocycles. The second-order valence-corrected chi connectivity index (χ2v) is 6.64. The fourth-order valence-corrected chi connectivity index (χ4v) is 3.01. The Labute approximate surface area is 132 Å². The summed E-state index contributed by atoms with van der Waals surface area (Å²) in [7, 11) is 0. The van der Waals surface area contributed by atoms with Gasteiger partial charge in [-0.2, -0.15) is 0 Å². The molecule has 5 heteroatoms. The molecule has 1 aromatic rings. The van der Waals surface area contributed by atoms with Gasteiger partial charge in [0.25, 0.3) is 0 Å². The first-order valence-corrected chi connectivity index (χ1v) is 8.10. The van der Waals surface area contributed by atoms with Crippen LogP contribution >= 0.6 is 11.6 Å². The van der Waals surface area contributed by atoms with Gasteiger partial charge < -0.3 is 15.0 Å². The summed E-state index contributed by atoms with van der Waals surface area (Å²) in [5.74, 6) is 0. The molecule has 0 spiro atoms. The number of hydrogen-bond donors (Lipinski definition) is 1. The molecule has 21 heavy (non-hydrogen) atoms. The Morgan fingerprint density at radius 1 is 1.14 bits per heavy atom. The highest BCUT2D eigenvalue weighted by molar-refractivity contribution is 6.30. The van der Waals surface area contributed by atoms with E-state index in [1.165, 1.54) is 5.69 Å². The zero-order valence-corrected chi connectivity index (χ0v) is 13.4. The van der Waals surface area contributed by atoms with Crippen LogP contribution in [-0.2, 0) is 4.74 Å². The van der Waals surface area contributed by atoms with Gasteiger partial charge in [0.15, 0.2) is 0 Å². The van der Waals surface area contributed by atoms with E-state index in [1.54, 1.807) is 0 Å². The normalized spacial score (nSPS) is 22.1. The van der Waals surface area contributed by atoms with Crippen molar-refractivity contribution in [3.63, 3.8) is 0 Å². The Balaban J connectivity index is 1.39. The van der Waals surface area contributed by atoms with E-state index < -0.39 is 0 Å². The quantitative estimate of drug-likeness (QED) is 0.898. The fraction of sp³-hybridized carbons (Fsp3) is 0.625. The Morgan fingerprint density at radius 3 is 2.38 bits per heavy atom. The van der Waals surface area contributed by atoms with Crippen LogP contribution in [-0.4, -0.2) is 62.9 Å². The molecular formula is C16H24ClN3O. The van der Waals surface area contributed by atoms with Gasteiger partial charge in [0.2, 0.25) is 0 Å². The van der Waals surface area contributed by atoms with E-state index in [1.807, 2.05) is 12.1 Å². The van der Waals surface area contributed by atoms with Gasteiger partial charge in [-0.15, -0.1) is 0 Å². The molecule has 2 heterocycles. The standard InChI is InChI=1S/C16H24ClN3O/c1-16(12-18-13-16)21-11-10-19-6-8-20(9-7-19)15-4-2-14(17)3-5-15/h2-5,18H,6-13H2,1H3. The van der Waals surface area contributed by atoms with Gasteiger partial charge in [-0.3, -0.25) is 4.90 Å². The molecule has 0 unspecified atom stereocenters. The molecule has 0 bridgehead atoms. The molecule has 2 saturated heterocycles. The number of piperazine rings is 1. The van der Waals surface area contributed by atoms with Gasteiger partial charge in [0.05, 0.1) is 12.2 Å². The number of rotatable bonds is 5. The Morgan fingerprint density at radius 2 is 1.81 bits per heavy atom. The molecule has 2 fully saturated rings. The summed E-state index contributed by atoms with van der Waals surface area (Å²) in [6.07, 6.45) is 0. The van der Waals surface area contributed by atoms with E-state index in [2.05, 4.69) is 34.2 Å². The van der Waals surface area contributed by atoms with Gasteiger partial charge >= 0.3 is 0 Å². The average Bonchev–Trinajstić information content (AvgIpc) is 2.47. The van der Waals surface area contributed by atoms with Gasteiger partial charge in [-0.1, -0.05) is 11.6 Å². The topological polar surface area (TPSA) is 27.7 Å². The summed E-state index contributed by atoms with van der Waals surface area (Å²) in [6, 6.07) is 8.13. The molecular weight excluding hydrogens is 286 g/mol. The van der Waals surface area contributed by atoms with Crippen molar-refractivity contribution in [3.05, 3.63) is 29.3 Å². The van der Waals surface area contributed by atoms with Crippen molar-refractivity contribution in [3.8, 4) is 0 Å². The summed E-state index contributed by atoms with van der Waals surface area (Å²) < 4.78 is 5.96. The monoisotopic (exact) mass is 309 g/mol. The summed E-state index contributed by atoms with van der Waals surface area (Å²) in [4.78, 5) is 4.91. The predicted molar refractivity (Wildman–Crippen MR) is 87.3 cm³/mol. The number of hydrogen-bond acceptors (Lipinski definition) is 4. The Bertz CT molecular complexity index is 453. The third-order valence-corrected chi connectivity index (χ3v) is 4.67. The number of halogens is 1. The largest absolute Gasteiger partial charge is 0.371 e. The molecule has 0 amide bonds. The molecule has 0 radical (unpaired) electrons. The van der Waals surface area contributed by atoms with Crippen molar-refractivity contribution in [2.75, 3.05) is 57.3 Å². The van der Waals surface area contributed by atoms with Crippen LogP contribution in [0.25, 0.3) is 0 Å². The van der Waals surface area contributed by atoms with Crippen LogP contribution in [0.4, 0.5) is 5.69 Å². The van der Waals surface area contributed by atoms with E-state index >= 15 is 0 Å². The SMILES string of the molecule is CC1(OCCN2CCN(c3ccc(Cl)cc3)CC2)CNC1. The van der Waals surface area contributed by atoms with Crippen molar-refractivity contribution in [1.29, 1.82) is 0 Å². The highest BCUT2D eigenvalue weighted by atomic mass is 35.5. The highest BCUT2D eigenvalue weighted by Gasteiger charge is 2.32. The molecule has 4 nitrogen and oxygen atoms in total. The minimum Gasteiger partial charge on any atom is -0.371 e. The number of ether oxygens (including phenoxy) is 1. The van der Waals surface area contributed by atoms with E-state index in [0.29, 0.717) is 0 Å². The molecule has 116 valence electrons. The summed E-state index contributed by atoms with van der Waals surface area (Å²) in [6.45, 7) is 10.3. The minimum absolute atomic E-state index is 0.0745. The van der Waals surface area contributed by atoms with Crippen LogP contribution in [0.15, 0.2) is 24.3 Å². The Hall–Kier alpha value is -0.810. The third-order valence-electron chi connectivity index (χ3n) is 4.42. The third kappa shape index (κ3) is 3.89. The van der Waals surface area contributed by atoms with Gasteiger partial charge in [-0.25, -0.2) is 0 Å². The second kappa shape index (κ2) is 6.53. The van der Waals surface area contributed by atoms with E-state index in [4.69, 9.17) is 16.3 Å². The molecule has 1 N–H and O–H groups in total. The highest BCUT2D eigenvalue weighted by Crippen LogP contribution is 2.19. The Kier molecular flexibility index (Phi) is 4.69. The fourth-order valence-electron chi connectivity index (χ4n) is 2.88. The lowest BCUT2D eigenvalue weighted by molar-refractivity contribution is -0.0723. The first kappa shape index (κ1) is 15.1. The molecule has 2 aliphatic rings. The van der Waals surface area contributed by atoms with Crippen molar-refractivity contribution in [2.45, 2.75) is 12.5 Å².